The quantitative estimate of drug-likeness (QED) is 0.425. The van der Waals surface area contributed by atoms with E-state index in [1.165, 1.54) is 5.56 Å². The van der Waals surface area contributed by atoms with Crippen molar-refractivity contribution in [2.45, 2.75) is 19.9 Å². The van der Waals surface area contributed by atoms with E-state index in [9.17, 15) is 0 Å². The first-order chi connectivity index (χ1) is 16.4. The molecule has 1 heterocycles. The van der Waals surface area contributed by atoms with Crippen LogP contribution < -0.4 is 9.47 Å². The molecule has 3 rings (SSSR count). The molecule has 2 aromatic carbocycles. The van der Waals surface area contributed by atoms with Crippen LogP contribution in [0, 0.1) is 0 Å². The molecule has 0 bridgehead atoms. The molecule has 8 nitrogen and oxygen atoms in total. The van der Waals surface area contributed by atoms with Crippen LogP contribution in [-0.2, 0) is 16.1 Å². The van der Waals surface area contributed by atoms with E-state index < -0.39 is 11.9 Å². The second-order valence-electron chi connectivity index (χ2n) is 7.83. The molecule has 0 atom stereocenters. The first-order valence-corrected chi connectivity index (χ1v) is 11.3. The lowest BCUT2D eigenvalue weighted by molar-refractivity contribution is -0.159. The summed E-state index contributed by atoms with van der Waals surface area (Å²) < 4.78 is 11.4. The van der Waals surface area contributed by atoms with Crippen molar-refractivity contribution < 1.29 is 29.3 Å². The lowest BCUT2D eigenvalue weighted by atomic mass is 10.2. The highest BCUT2D eigenvalue weighted by Gasteiger charge is 2.16. The van der Waals surface area contributed by atoms with Crippen LogP contribution in [0.5, 0.6) is 11.5 Å². The van der Waals surface area contributed by atoms with Gasteiger partial charge in [0.05, 0.1) is 13.7 Å². The predicted octanol–water partition coefficient (Wildman–Crippen LogP) is 3.47. The van der Waals surface area contributed by atoms with Gasteiger partial charge in [0, 0.05) is 39.3 Å². The first kappa shape index (κ1) is 26.9. The van der Waals surface area contributed by atoms with E-state index in [2.05, 4.69) is 52.3 Å². The molecular weight excluding hydrogens is 436 g/mol. The number of carbonyl (C=O) groups is 2. The number of aliphatic carboxylic acids is 2. The van der Waals surface area contributed by atoms with Crippen molar-refractivity contribution in [3.63, 3.8) is 0 Å². The third-order valence-corrected chi connectivity index (χ3v) is 5.32. The van der Waals surface area contributed by atoms with E-state index in [-0.39, 0.29) is 0 Å². The van der Waals surface area contributed by atoms with Crippen molar-refractivity contribution in [2.24, 2.45) is 0 Å². The number of carboxylic acids is 2. The van der Waals surface area contributed by atoms with E-state index in [0.29, 0.717) is 6.61 Å². The van der Waals surface area contributed by atoms with Crippen molar-refractivity contribution in [2.75, 3.05) is 46.4 Å². The van der Waals surface area contributed by atoms with Gasteiger partial charge in [0.2, 0.25) is 0 Å². The Kier molecular flexibility index (Phi) is 11.6. The summed E-state index contributed by atoms with van der Waals surface area (Å²) in [5, 5.41) is 14.8. The number of piperazine rings is 1. The van der Waals surface area contributed by atoms with E-state index in [4.69, 9.17) is 29.3 Å². The van der Waals surface area contributed by atoms with Crippen molar-refractivity contribution in [3.05, 3.63) is 65.7 Å². The monoisotopic (exact) mass is 470 g/mol. The predicted molar refractivity (Wildman–Crippen MR) is 131 cm³/mol. The Morgan fingerprint density at radius 3 is 2.18 bits per heavy atom. The van der Waals surface area contributed by atoms with Crippen LogP contribution in [0.15, 0.2) is 54.6 Å². The lowest BCUT2D eigenvalue weighted by Gasteiger charge is -2.34. The zero-order chi connectivity index (χ0) is 24.8. The Bertz CT molecular complexity index is 912. The number of nitrogens with zero attached hydrogens (tertiary/aromatic N) is 2. The van der Waals surface area contributed by atoms with E-state index in [1.54, 1.807) is 7.11 Å². The molecule has 0 amide bonds. The molecule has 0 saturated carbocycles. The number of methoxy groups -OCH3 is 1. The minimum Gasteiger partial charge on any atom is -0.493 e. The van der Waals surface area contributed by atoms with Gasteiger partial charge in [-0.15, -0.1) is 0 Å². The van der Waals surface area contributed by atoms with Gasteiger partial charge >= 0.3 is 11.9 Å². The molecule has 0 radical (unpaired) electrons. The summed E-state index contributed by atoms with van der Waals surface area (Å²) in [7, 11) is 1.69. The van der Waals surface area contributed by atoms with Crippen molar-refractivity contribution in [3.8, 4) is 11.5 Å². The number of benzene rings is 2. The summed E-state index contributed by atoms with van der Waals surface area (Å²) in [6.45, 7) is 9.40. The maximum atomic E-state index is 9.10. The number of rotatable bonds is 9. The Morgan fingerprint density at radius 1 is 0.941 bits per heavy atom. The molecule has 2 N–H and O–H groups in total. The Morgan fingerprint density at radius 2 is 1.59 bits per heavy atom. The molecule has 184 valence electrons. The molecule has 1 saturated heterocycles. The van der Waals surface area contributed by atoms with E-state index in [1.807, 2.05) is 25.1 Å². The fourth-order valence-corrected chi connectivity index (χ4v) is 3.58. The number of hydrogen-bond donors (Lipinski definition) is 2. The highest BCUT2D eigenvalue weighted by Crippen LogP contribution is 2.28. The number of allylic oxidation sites excluding steroid dienone is 1. The van der Waals surface area contributed by atoms with Gasteiger partial charge in [-0.1, -0.05) is 48.6 Å². The molecule has 8 heteroatoms. The smallest absolute Gasteiger partial charge is 0.414 e. The van der Waals surface area contributed by atoms with Gasteiger partial charge in [-0.2, -0.15) is 0 Å². The topological polar surface area (TPSA) is 99.5 Å². The molecule has 1 fully saturated rings. The first-order valence-electron chi connectivity index (χ1n) is 11.3. The minimum absolute atomic E-state index is 0.712. The van der Waals surface area contributed by atoms with Gasteiger partial charge in [-0.05, 0) is 36.6 Å². The molecule has 0 spiro atoms. The SMILES string of the molecule is C/C=C/c1ccc(OCCCN2CCN(Cc3ccccc3)CC2)c(OC)c1.O=C(O)C(=O)O. The summed E-state index contributed by atoms with van der Waals surface area (Å²) in [5.41, 5.74) is 2.53. The van der Waals surface area contributed by atoms with Gasteiger partial charge in [-0.25, -0.2) is 9.59 Å². The molecule has 1 aliphatic heterocycles. The van der Waals surface area contributed by atoms with Crippen LogP contribution in [0.1, 0.15) is 24.5 Å². The second kappa shape index (κ2) is 14.7. The van der Waals surface area contributed by atoms with Crippen LogP contribution in [0.25, 0.3) is 6.08 Å². The third kappa shape index (κ3) is 9.64. The Hall–Kier alpha value is -3.36. The molecular formula is C26H34N2O6. The second-order valence-corrected chi connectivity index (χ2v) is 7.83. The molecule has 0 unspecified atom stereocenters. The summed E-state index contributed by atoms with van der Waals surface area (Å²) in [6, 6.07) is 16.8. The summed E-state index contributed by atoms with van der Waals surface area (Å²) in [6.07, 6.45) is 5.11. The minimum atomic E-state index is -1.82. The lowest BCUT2D eigenvalue weighted by Crippen LogP contribution is -2.46. The van der Waals surface area contributed by atoms with Crippen molar-refractivity contribution in [1.82, 2.24) is 9.80 Å². The molecule has 0 aromatic heterocycles. The summed E-state index contributed by atoms with van der Waals surface area (Å²) in [4.78, 5) is 23.3. The molecule has 34 heavy (non-hydrogen) atoms. The van der Waals surface area contributed by atoms with E-state index in [0.717, 1.165) is 62.8 Å². The van der Waals surface area contributed by atoms with Crippen molar-refractivity contribution in [1.29, 1.82) is 0 Å². The molecule has 0 aliphatic carbocycles. The average molecular weight is 471 g/mol. The fourth-order valence-electron chi connectivity index (χ4n) is 3.58. The zero-order valence-corrected chi connectivity index (χ0v) is 19.9. The van der Waals surface area contributed by atoms with Gasteiger partial charge in [0.1, 0.15) is 0 Å². The molecule has 2 aromatic rings. The third-order valence-electron chi connectivity index (χ3n) is 5.32. The normalized spacial score (nSPS) is 14.3. The number of ether oxygens (including phenoxy) is 2. The summed E-state index contributed by atoms with van der Waals surface area (Å²) >= 11 is 0. The largest absolute Gasteiger partial charge is 0.493 e. The highest BCUT2D eigenvalue weighted by atomic mass is 16.5. The standard InChI is InChI=1S/C24H32N2O2.C2H2O4/c1-3-8-21-11-12-23(24(19-21)27-2)28-18-7-13-25-14-16-26(17-15-25)20-22-9-5-4-6-10-22;3-1(4)2(5)6/h3-6,8-12,19H,7,13-18,20H2,1-2H3;(H,3,4)(H,5,6)/b8-3+;. The highest BCUT2D eigenvalue weighted by molar-refractivity contribution is 6.27. The van der Waals surface area contributed by atoms with Crippen LogP contribution in [0.4, 0.5) is 0 Å². The van der Waals surface area contributed by atoms with Gasteiger partial charge in [0.15, 0.2) is 11.5 Å². The maximum Gasteiger partial charge on any atom is 0.414 e. The summed E-state index contributed by atoms with van der Waals surface area (Å²) in [5.74, 6) is -2.03. The van der Waals surface area contributed by atoms with Gasteiger partial charge in [-0.3, -0.25) is 4.90 Å². The van der Waals surface area contributed by atoms with Crippen LogP contribution in [-0.4, -0.2) is 78.4 Å². The fraction of sp³-hybridized carbons (Fsp3) is 0.385. The number of hydrogen-bond acceptors (Lipinski definition) is 6. The van der Waals surface area contributed by atoms with Crippen LogP contribution in [0.2, 0.25) is 0 Å². The average Bonchev–Trinajstić information content (AvgIpc) is 2.84. The zero-order valence-electron chi connectivity index (χ0n) is 19.9. The Labute approximate surface area is 201 Å². The number of carboxylic acid groups (broad SMARTS) is 2. The van der Waals surface area contributed by atoms with E-state index >= 15 is 0 Å². The van der Waals surface area contributed by atoms with Crippen molar-refractivity contribution >= 4 is 18.0 Å². The maximum absolute atomic E-state index is 9.10. The van der Waals surface area contributed by atoms with Gasteiger partial charge in [0.25, 0.3) is 0 Å². The van der Waals surface area contributed by atoms with Gasteiger partial charge < -0.3 is 24.6 Å². The van der Waals surface area contributed by atoms with Crippen LogP contribution >= 0.6 is 0 Å². The molecule has 1 aliphatic rings. The van der Waals surface area contributed by atoms with Crippen LogP contribution in [0.3, 0.4) is 0 Å². The Balaban J connectivity index is 0.000000604.